The molecule has 1 aromatic rings. The maximum Gasteiger partial charge on any atom is 0.251 e. The van der Waals surface area contributed by atoms with Crippen molar-refractivity contribution in [2.24, 2.45) is 5.92 Å². The molecule has 0 radical (unpaired) electrons. The van der Waals surface area contributed by atoms with Crippen LogP contribution in [0.3, 0.4) is 0 Å². The van der Waals surface area contributed by atoms with Gasteiger partial charge in [0, 0.05) is 31.1 Å². The van der Waals surface area contributed by atoms with E-state index in [1.165, 1.54) is 0 Å². The molecule has 0 aliphatic heterocycles. The summed E-state index contributed by atoms with van der Waals surface area (Å²) in [6.07, 6.45) is 0.908. The predicted molar refractivity (Wildman–Crippen MR) is 84.0 cm³/mol. The van der Waals surface area contributed by atoms with E-state index >= 15 is 0 Å². The number of rotatable bonds is 8. The van der Waals surface area contributed by atoms with Gasteiger partial charge in [-0.25, -0.2) is 0 Å². The third-order valence-corrected chi connectivity index (χ3v) is 3.15. The van der Waals surface area contributed by atoms with Crippen LogP contribution in [0.4, 0.5) is 0 Å². The molecule has 5 nitrogen and oxygen atoms in total. The molecule has 0 saturated heterocycles. The topological polar surface area (TPSA) is 70.2 Å². The Morgan fingerprint density at radius 1 is 1.24 bits per heavy atom. The average Bonchev–Trinajstić information content (AvgIpc) is 2.50. The molecule has 0 bridgehead atoms. The fraction of sp³-hybridized carbons (Fsp3) is 0.500. The van der Waals surface area contributed by atoms with E-state index in [-0.39, 0.29) is 17.7 Å². The molecule has 0 aliphatic rings. The van der Waals surface area contributed by atoms with Crippen LogP contribution in [0.1, 0.15) is 36.2 Å². The monoisotopic (exact) mass is 291 g/mol. The van der Waals surface area contributed by atoms with Gasteiger partial charge in [-0.2, -0.15) is 0 Å². The largest absolute Gasteiger partial charge is 0.352 e. The number of nitrogens with one attached hydrogen (secondary N) is 3. The minimum atomic E-state index is -0.0777. The van der Waals surface area contributed by atoms with E-state index in [1.807, 2.05) is 39.1 Å². The first-order chi connectivity index (χ1) is 10.1. The van der Waals surface area contributed by atoms with Crippen molar-refractivity contribution < 1.29 is 9.59 Å². The Labute approximate surface area is 126 Å². The number of carbonyl (C=O) groups excluding carboxylic acids is 2. The van der Waals surface area contributed by atoms with Crippen molar-refractivity contribution in [1.29, 1.82) is 0 Å². The Kier molecular flexibility index (Phi) is 7.46. The van der Waals surface area contributed by atoms with Gasteiger partial charge in [-0.1, -0.05) is 26.0 Å². The van der Waals surface area contributed by atoms with Crippen LogP contribution in [0, 0.1) is 5.92 Å². The van der Waals surface area contributed by atoms with E-state index in [1.54, 1.807) is 6.07 Å². The highest BCUT2D eigenvalue weighted by atomic mass is 16.2. The quantitative estimate of drug-likeness (QED) is 0.676. The van der Waals surface area contributed by atoms with Gasteiger partial charge < -0.3 is 16.0 Å². The van der Waals surface area contributed by atoms with Gasteiger partial charge in [-0.05, 0) is 31.2 Å². The van der Waals surface area contributed by atoms with Gasteiger partial charge in [0.15, 0.2) is 0 Å². The Morgan fingerprint density at radius 3 is 2.67 bits per heavy atom. The maximum atomic E-state index is 11.9. The van der Waals surface area contributed by atoms with E-state index in [9.17, 15) is 9.59 Å². The van der Waals surface area contributed by atoms with E-state index in [2.05, 4.69) is 16.0 Å². The lowest BCUT2D eigenvalue weighted by atomic mass is 10.1. The molecule has 0 aromatic heterocycles. The van der Waals surface area contributed by atoms with Gasteiger partial charge in [-0.3, -0.25) is 9.59 Å². The molecular formula is C16H25N3O2. The molecule has 21 heavy (non-hydrogen) atoms. The minimum Gasteiger partial charge on any atom is -0.352 e. The number of benzene rings is 1. The molecule has 2 amide bonds. The fourth-order valence-corrected chi connectivity index (χ4v) is 1.93. The van der Waals surface area contributed by atoms with E-state index in [4.69, 9.17) is 0 Å². The van der Waals surface area contributed by atoms with Gasteiger partial charge >= 0.3 is 0 Å². The summed E-state index contributed by atoms with van der Waals surface area (Å²) in [6.45, 7) is 5.63. The van der Waals surface area contributed by atoms with Crippen molar-refractivity contribution in [2.75, 3.05) is 20.1 Å². The smallest absolute Gasteiger partial charge is 0.251 e. The van der Waals surface area contributed by atoms with Gasteiger partial charge in [0.2, 0.25) is 5.91 Å². The van der Waals surface area contributed by atoms with Crippen molar-refractivity contribution in [3.63, 3.8) is 0 Å². The number of hydrogen-bond donors (Lipinski definition) is 3. The maximum absolute atomic E-state index is 11.9. The second-order valence-corrected chi connectivity index (χ2v) is 5.13. The summed E-state index contributed by atoms with van der Waals surface area (Å²) in [6, 6.07) is 7.33. The first kappa shape index (κ1) is 17.2. The van der Waals surface area contributed by atoms with Crippen LogP contribution in [0.5, 0.6) is 0 Å². The summed E-state index contributed by atoms with van der Waals surface area (Å²) in [4.78, 5) is 23.7. The summed E-state index contributed by atoms with van der Waals surface area (Å²) in [5, 5.41) is 8.70. The van der Waals surface area contributed by atoms with Crippen molar-refractivity contribution in [2.45, 2.75) is 26.8 Å². The molecule has 1 aromatic carbocycles. The molecule has 0 spiro atoms. The predicted octanol–water partition coefficient (Wildman–Crippen LogP) is 1.30. The van der Waals surface area contributed by atoms with Crippen LogP contribution in [-0.4, -0.2) is 32.0 Å². The molecule has 1 atom stereocenters. The minimum absolute atomic E-state index is 0.00480. The second kappa shape index (κ2) is 9.13. The molecule has 0 heterocycles. The summed E-state index contributed by atoms with van der Waals surface area (Å²) >= 11 is 0. The van der Waals surface area contributed by atoms with Gasteiger partial charge in [-0.15, -0.1) is 0 Å². The molecule has 0 aliphatic carbocycles. The van der Waals surface area contributed by atoms with Crippen molar-refractivity contribution in [3.8, 4) is 0 Å². The van der Waals surface area contributed by atoms with Gasteiger partial charge in [0.25, 0.3) is 5.91 Å². The standard InChI is InChI=1S/C16H25N3O2/c1-4-8-18-16(21)14-7-5-6-13(9-14)11-19-15(20)12(2)10-17-3/h5-7,9,12,17H,4,8,10-11H2,1-3H3,(H,18,21)(H,19,20). The van der Waals surface area contributed by atoms with Crippen LogP contribution in [-0.2, 0) is 11.3 Å². The molecule has 0 saturated carbocycles. The van der Waals surface area contributed by atoms with Gasteiger partial charge in [0.1, 0.15) is 0 Å². The zero-order chi connectivity index (χ0) is 15.7. The molecule has 5 heteroatoms. The molecule has 116 valence electrons. The van der Waals surface area contributed by atoms with Gasteiger partial charge in [0.05, 0.1) is 0 Å². The zero-order valence-electron chi connectivity index (χ0n) is 13.0. The van der Waals surface area contributed by atoms with Crippen LogP contribution < -0.4 is 16.0 Å². The molecular weight excluding hydrogens is 266 g/mol. The first-order valence-electron chi connectivity index (χ1n) is 7.38. The number of carbonyl (C=O) groups is 2. The highest BCUT2D eigenvalue weighted by Gasteiger charge is 2.11. The zero-order valence-corrected chi connectivity index (χ0v) is 13.0. The summed E-state index contributed by atoms with van der Waals surface area (Å²) < 4.78 is 0. The summed E-state index contributed by atoms with van der Waals surface area (Å²) in [7, 11) is 1.82. The molecule has 3 N–H and O–H groups in total. The summed E-state index contributed by atoms with van der Waals surface area (Å²) in [5.41, 5.74) is 1.54. The molecule has 0 fully saturated rings. The second-order valence-electron chi connectivity index (χ2n) is 5.13. The van der Waals surface area contributed by atoms with Crippen LogP contribution in [0.2, 0.25) is 0 Å². The van der Waals surface area contributed by atoms with Crippen LogP contribution >= 0.6 is 0 Å². The van der Waals surface area contributed by atoms with Crippen LogP contribution in [0.15, 0.2) is 24.3 Å². The normalized spacial score (nSPS) is 11.8. The first-order valence-corrected chi connectivity index (χ1v) is 7.38. The van der Waals surface area contributed by atoms with Crippen molar-refractivity contribution in [1.82, 2.24) is 16.0 Å². The van der Waals surface area contributed by atoms with Crippen molar-refractivity contribution in [3.05, 3.63) is 35.4 Å². The Hall–Kier alpha value is -1.88. The molecule has 1 rings (SSSR count). The Morgan fingerprint density at radius 2 is 2.00 bits per heavy atom. The highest BCUT2D eigenvalue weighted by molar-refractivity contribution is 5.94. The van der Waals surface area contributed by atoms with E-state index < -0.39 is 0 Å². The average molecular weight is 291 g/mol. The van der Waals surface area contributed by atoms with Crippen LogP contribution in [0.25, 0.3) is 0 Å². The lowest BCUT2D eigenvalue weighted by molar-refractivity contribution is -0.124. The number of hydrogen-bond acceptors (Lipinski definition) is 3. The Balaban J connectivity index is 2.56. The lowest BCUT2D eigenvalue weighted by Crippen LogP contribution is -2.34. The molecule has 1 unspecified atom stereocenters. The van der Waals surface area contributed by atoms with Crippen molar-refractivity contribution >= 4 is 11.8 Å². The SMILES string of the molecule is CCCNC(=O)c1cccc(CNC(=O)C(C)CNC)c1. The third-order valence-electron chi connectivity index (χ3n) is 3.15. The third kappa shape index (κ3) is 5.95. The van der Waals surface area contributed by atoms with E-state index in [0.29, 0.717) is 25.2 Å². The lowest BCUT2D eigenvalue weighted by Gasteiger charge is -2.12. The number of amides is 2. The summed E-state index contributed by atoms with van der Waals surface area (Å²) in [5.74, 6) is -0.148. The highest BCUT2D eigenvalue weighted by Crippen LogP contribution is 2.06. The Bertz CT molecular complexity index is 474. The fourth-order valence-electron chi connectivity index (χ4n) is 1.93. The van der Waals surface area contributed by atoms with E-state index in [0.717, 1.165) is 12.0 Å².